The summed E-state index contributed by atoms with van der Waals surface area (Å²) in [5, 5.41) is 19.7. The molecule has 1 rings (SSSR count). The number of rotatable bonds is 3. The molecular formula is C11H13ClO5. The van der Waals surface area contributed by atoms with Gasteiger partial charge in [0.1, 0.15) is 0 Å². The Morgan fingerprint density at radius 1 is 1.47 bits per heavy atom. The van der Waals surface area contributed by atoms with Crippen molar-refractivity contribution in [3.8, 4) is 11.5 Å². The monoisotopic (exact) mass is 260 g/mol. The lowest BCUT2D eigenvalue weighted by atomic mass is 10.0. The van der Waals surface area contributed by atoms with Crippen LogP contribution in [0.1, 0.15) is 17.2 Å². The molecule has 0 aliphatic carbocycles. The van der Waals surface area contributed by atoms with Gasteiger partial charge in [0, 0.05) is 0 Å². The SMILES string of the molecule is COC(=O)C(O)c1c(O)c(OC)cc(C)c1Cl. The molecule has 1 aromatic carbocycles. The molecule has 0 heterocycles. The zero-order valence-electron chi connectivity index (χ0n) is 9.65. The van der Waals surface area contributed by atoms with Crippen LogP contribution in [-0.2, 0) is 9.53 Å². The van der Waals surface area contributed by atoms with Gasteiger partial charge in [0.2, 0.25) is 0 Å². The van der Waals surface area contributed by atoms with E-state index in [1.54, 1.807) is 6.92 Å². The van der Waals surface area contributed by atoms with Crippen LogP contribution in [0.15, 0.2) is 6.07 Å². The van der Waals surface area contributed by atoms with E-state index in [9.17, 15) is 15.0 Å². The summed E-state index contributed by atoms with van der Waals surface area (Å²) < 4.78 is 9.30. The van der Waals surface area contributed by atoms with Crippen LogP contribution in [0.3, 0.4) is 0 Å². The number of aromatic hydroxyl groups is 1. The van der Waals surface area contributed by atoms with Gasteiger partial charge in [0.15, 0.2) is 17.6 Å². The zero-order valence-corrected chi connectivity index (χ0v) is 10.4. The molecule has 0 bridgehead atoms. The van der Waals surface area contributed by atoms with Gasteiger partial charge >= 0.3 is 5.97 Å². The maximum atomic E-state index is 11.2. The molecule has 0 saturated heterocycles. The van der Waals surface area contributed by atoms with Crippen molar-refractivity contribution in [3.05, 3.63) is 22.2 Å². The van der Waals surface area contributed by atoms with Crippen molar-refractivity contribution in [2.24, 2.45) is 0 Å². The van der Waals surface area contributed by atoms with Gasteiger partial charge in [-0.15, -0.1) is 0 Å². The first-order valence-electron chi connectivity index (χ1n) is 4.75. The summed E-state index contributed by atoms with van der Waals surface area (Å²) in [5.41, 5.74) is 0.453. The summed E-state index contributed by atoms with van der Waals surface area (Å²) >= 11 is 5.94. The zero-order chi connectivity index (χ0) is 13.2. The lowest BCUT2D eigenvalue weighted by Gasteiger charge is -2.16. The molecule has 94 valence electrons. The van der Waals surface area contributed by atoms with E-state index in [1.165, 1.54) is 13.2 Å². The Morgan fingerprint density at radius 3 is 2.53 bits per heavy atom. The van der Waals surface area contributed by atoms with Gasteiger partial charge < -0.3 is 19.7 Å². The molecular weight excluding hydrogens is 248 g/mol. The molecule has 1 aromatic rings. The van der Waals surface area contributed by atoms with Crippen LogP contribution in [0.2, 0.25) is 5.02 Å². The molecule has 0 aliphatic rings. The van der Waals surface area contributed by atoms with E-state index in [4.69, 9.17) is 16.3 Å². The highest BCUT2D eigenvalue weighted by Crippen LogP contribution is 2.41. The van der Waals surface area contributed by atoms with Gasteiger partial charge in [0.05, 0.1) is 24.8 Å². The number of halogens is 1. The highest BCUT2D eigenvalue weighted by Gasteiger charge is 2.27. The largest absolute Gasteiger partial charge is 0.504 e. The number of hydrogen-bond acceptors (Lipinski definition) is 5. The number of benzene rings is 1. The van der Waals surface area contributed by atoms with Gasteiger partial charge in [-0.05, 0) is 18.6 Å². The minimum Gasteiger partial charge on any atom is -0.504 e. The van der Waals surface area contributed by atoms with E-state index in [0.29, 0.717) is 5.56 Å². The van der Waals surface area contributed by atoms with Crippen molar-refractivity contribution in [2.75, 3.05) is 14.2 Å². The molecule has 5 nitrogen and oxygen atoms in total. The Morgan fingerprint density at radius 2 is 2.06 bits per heavy atom. The first-order chi connectivity index (χ1) is 7.93. The molecule has 0 aliphatic heterocycles. The van der Waals surface area contributed by atoms with Crippen LogP contribution >= 0.6 is 11.6 Å². The van der Waals surface area contributed by atoms with E-state index in [2.05, 4.69) is 4.74 Å². The van der Waals surface area contributed by atoms with Gasteiger partial charge in [-0.25, -0.2) is 4.79 Å². The van der Waals surface area contributed by atoms with E-state index >= 15 is 0 Å². The molecule has 0 fully saturated rings. The minimum atomic E-state index is -1.65. The third-order valence-corrected chi connectivity index (χ3v) is 2.84. The molecule has 0 spiro atoms. The first kappa shape index (κ1) is 13.6. The average molecular weight is 261 g/mol. The van der Waals surface area contributed by atoms with E-state index in [-0.39, 0.29) is 22.1 Å². The summed E-state index contributed by atoms with van der Waals surface area (Å²) in [6, 6.07) is 1.51. The lowest BCUT2D eigenvalue weighted by Crippen LogP contribution is -2.14. The number of carbonyl (C=O) groups is 1. The Hall–Kier alpha value is -1.46. The Balaban J connectivity index is 3.40. The van der Waals surface area contributed by atoms with Crippen molar-refractivity contribution in [3.63, 3.8) is 0 Å². The topological polar surface area (TPSA) is 76.0 Å². The Labute approximate surface area is 104 Å². The quantitative estimate of drug-likeness (QED) is 0.807. The molecule has 0 saturated carbocycles. The highest BCUT2D eigenvalue weighted by molar-refractivity contribution is 6.32. The smallest absolute Gasteiger partial charge is 0.339 e. The molecule has 0 amide bonds. The summed E-state index contributed by atoms with van der Waals surface area (Å²) in [4.78, 5) is 11.2. The van der Waals surface area contributed by atoms with Crippen molar-refractivity contribution in [1.29, 1.82) is 0 Å². The molecule has 0 radical (unpaired) electrons. The van der Waals surface area contributed by atoms with Crippen molar-refractivity contribution >= 4 is 17.6 Å². The number of aliphatic hydroxyl groups is 1. The second kappa shape index (κ2) is 5.25. The molecule has 0 aromatic heterocycles. The fourth-order valence-electron chi connectivity index (χ4n) is 1.41. The number of aryl methyl sites for hydroxylation is 1. The normalized spacial score (nSPS) is 12.1. The molecule has 6 heteroatoms. The van der Waals surface area contributed by atoms with E-state index in [1.807, 2.05) is 0 Å². The average Bonchev–Trinajstić information content (AvgIpc) is 2.32. The van der Waals surface area contributed by atoms with Crippen LogP contribution < -0.4 is 4.74 Å². The van der Waals surface area contributed by atoms with Gasteiger partial charge in [-0.2, -0.15) is 0 Å². The van der Waals surface area contributed by atoms with Gasteiger partial charge in [-0.3, -0.25) is 0 Å². The number of esters is 1. The predicted molar refractivity (Wildman–Crippen MR) is 61.4 cm³/mol. The van der Waals surface area contributed by atoms with Crippen LogP contribution in [0.5, 0.6) is 11.5 Å². The number of phenolic OH excluding ortho intramolecular Hbond substituents is 1. The number of phenols is 1. The van der Waals surface area contributed by atoms with E-state index in [0.717, 1.165) is 7.11 Å². The standard InChI is InChI=1S/C11H13ClO5/c1-5-4-6(16-2)9(13)7(8(5)12)10(14)11(15)17-3/h4,10,13-14H,1-3H3. The van der Waals surface area contributed by atoms with Crippen molar-refractivity contribution in [2.45, 2.75) is 13.0 Å². The fraction of sp³-hybridized carbons (Fsp3) is 0.364. The van der Waals surface area contributed by atoms with Crippen LogP contribution in [0.25, 0.3) is 0 Å². The predicted octanol–water partition coefficient (Wildman–Crippen LogP) is 1.57. The number of methoxy groups -OCH3 is 2. The highest BCUT2D eigenvalue weighted by atomic mass is 35.5. The maximum Gasteiger partial charge on any atom is 0.339 e. The fourth-order valence-corrected chi connectivity index (χ4v) is 1.66. The Kier molecular flexibility index (Phi) is 4.20. The molecule has 1 atom stereocenters. The Bertz CT molecular complexity index is 444. The summed E-state index contributed by atoms with van der Waals surface area (Å²) in [6.07, 6.45) is -1.65. The van der Waals surface area contributed by atoms with Crippen LogP contribution in [-0.4, -0.2) is 30.4 Å². The second-order valence-corrected chi connectivity index (χ2v) is 3.78. The number of hydrogen-bond donors (Lipinski definition) is 2. The first-order valence-corrected chi connectivity index (χ1v) is 5.13. The molecule has 1 unspecified atom stereocenters. The molecule has 17 heavy (non-hydrogen) atoms. The summed E-state index contributed by atoms with van der Waals surface area (Å²) in [5.74, 6) is -1.15. The van der Waals surface area contributed by atoms with Crippen molar-refractivity contribution < 1.29 is 24.5 Å². The number of carbonyl (C=O) groups excluding carboxylic acids is 1. The van der Waals surface area contributed by atoms with Gasteiger partial charge in [-0.1, -0.05) is 11.6 Å². The van der Waals surface area contributed by atoms with Crippen LogP contribution in [0, 0.1) is 6.92 Å². The number of aliphatic hydroxyl groups excluding tert-OH is 1. The summed E-state index contributed by atoms with van der Waals surface area (Å²) in [6.45, 7) is 1.66. The maximum absolute atomic E-state index is 11.2. The second-order valence-electron chi connectivity index (χ2n) is 3.40. The summed E-state index contributed by atoms with van der Waals surface area (Å²) in [7, 11) is 2.49. The van der Waals surface area contributed by atoms with Gasteiger partial charge in [0.25, 0.3) is 0 Å². The minimum absolute atomic E-state index is 0.0983. The third kappa shape index (κ3) is 2.45. The van der Waals surface area contributed by atoms with Crippen molar-refractivity contribution in [1.82, 2.24) is 0 Å². The van der Waals surface area contributed by atoms with E-state index < -0.39 is 12.1 Å². The lowest BCUT2D eigenvalue weighted by molar-refractivity contribution is -0.150. The third-order valence-electron chi connectivity index (χ3n) is 2.34. The molecule has 2 N–H and O–H groups in total. The number of ether oxygens (including phenoxy) is 2. The van der Waals surface area contributed by atoms with Crippen LogP contribution in [0.4, 0.5) is 0 Å².